The molecule has 0 unspecified atom stereocenters. The number of nitrogens with zero attached hydrogens (tertiary/aromatic N) is 6. The molecule has 0 aliphatic carbocycles. The Hall–Kier alpha value is -2.86. The molecule has 2 N–H and O–H groups in total. The third-order valence-corrected chi connectivity index (χ3v) is 4.83. The molecule has 0 spiro atoms. The SMILES string of the molecule is CSc1nnc(NN=c2ccc(=O)c(=NNc3ccnn3C)c2=O)s1. The molecule has 0 amide bonds. The lowest BCUT2D eigenvalue weighted by atomic mass is 10.3. The largest absolute Gasteiger partial charge is 0.287 e. The molecule has 0 saturated heterocycles. The molecule has 12 heteroatoms. The summed E-state index contributed by atoms with van der Waals surface area (Å²) >= 11 is 2.76. The van der Waals surface area contributed by atoms with Gasteiger partial charge in [-0.25, -0.2) is 0 Å². The van der Waals surface area contributed by atoms with Crippen LogP contribution in [-0.2, 0) is 7.05 Å². The first-order chi connectivity index (χ1) is 12.1. The molecule has 2 heterocycles. The van der Waals surface area contributed by atoms with Crippen LogP contribution < -0.4 is 32.4 Å². The van der Waals surface area contributed by atoms with Crippen molar-refractivity contribution in [3.05, 3.63) is 55.6 Å². The van der Waals surface area contributed by atoms with Crippen LogP contribution in [0.15, 0.2) is 48.5 Å². The average Bonchev–Trinajstić information content (AvgIpc) is 3.23. The molecule has 0 aliphatic rings. The molecule has 2 aromatic heterocycles. The number of aryl methyl sites for hydroxylation is 1. The normalized spacial score (nSPS) is 12.6. The molecular formula is C13H12N8O2S2. The third kappa shape index (κ3) is 3.80. The van der Waals surface area contributed by atoms with E-state index in [-0.39, 0.29) is 10.7 Å². The number of rotatable bonds is 5. The van der Waals surface area contributed by atoms with E-state index in [1.54, 1.807) is 19.3 Å². The third-order valence-electron chi connectivity index (χ3n) is 3.03. The topological polar surface area (TPSA) is 127 Å². The Bertz CT molecular complexity index is 1110. The lowest BCUT2D eigenvalue weighted by Crippen LogP contribution is -2.48. The molecule has 25 heavy (non-hydrogen) atoms. The monoisotopic (exact) mass is 376 g/mol. The maximum absolute atomic E-state index is 12.4. The van der Waals surface area contributed by atoms with Gasteiger partial charge in [-0.3, -0.25) is 25.1 Å². The number of benzene rings is 1. The molecule has 0 bridgehead atoms. The molecule has 10 nitrogen and oxygen atoms in total. The molecule has 0 radical (unpaired) electrons. The molecule has 3 rings (SSSR count). The number of nitrogens with one attached hydrogen (secondary N) is 2. The molecule has 1 aromatic carbocycles. The highest BCUT2D eigenvalue weighted by Crippen LogP contribution is 2.22. The van der Waals surface area contributed by atoms with Gasteiger partial charge in [-0.2, -0.15) is 15.3 Å². The second kappa shape index (κ2) is 7.36. The predicted molar refractivity (Wildman–Crippen MR) is 94.6 cm³/mol. The summed E-state index contributed by atoms with van der Waals surface area (Å²) in [4.78, 5) is 24.3. The van der Waals surface area contributed by atoms with Gasteiger partial charge < -0.3 is 0 Å². The van der Waals surface area contributed by atoms with E-state index in [4.69, 9.17) is 0 Å². The zero-order valence-corrected chi connectivity index (χ0v) is 14.8. The molecule has 0 fully saturated rings. The minimum absolute atomic E-state index is 0.0473. The van der Waals surface area contributed by atoms with Crippen molar-refractivity contribution in [1.82, 2.24) is 20.0 Å². The Morgan fingerprint density at radius 1 is 1.16 bits per heavy atom. The lowest BCUT2D eigenvalue weighted by molar-refractivity contribution is 0.770. The Kier molecular flexibility index (Phi) is 5.00. The number of anilines is 2. The van der Waals surface area contributed by atoms with E-state index < -0.39 is 10.9 Å². The Morgan fingerprint density at radius 3 is 2.68 bits per heavy atom. The Morgan fingerprint density at radius 2 is 2.00 bits per heavy atom. The Balaban J connectivity index is 1.94. The summed E-state index contributed by atoms with van der Waals surface area (Å²) in [5.41, 5.74) is 4.21. The zero-order chi connectivity index (χ0) is 17.8. The van der Waals surface area contributed by atoms with Crippen LogP contribution in [0.4, 0.5) is 10.9 Å². The second-order valence-corrected chi connectivity index (χ2v) is 6.66. The first-order valence-electron chi connectivity index (χ1n) is 6.88. The number of aromatic nitrogens is 4. The standard InChI is InChI=1S/C13H12N8O2S2/c1-21-9(5-6-14-21)16-17-10-8(22)4-3-7(11(10)23)15-18-12-19-20-13(24-2)25-12/h3-6,16H,1-2H3,(H,18,19). The van der Waals surface area contributed by atoms with Crippen molar-refractivity contribution < 1.29 is 0 Å². The number of hydrogen-bond donors (Lipinski definition) is 2. The van der Waals surface area contributed by atoms with Crippen LogP contribution in [0.1, 0.15) is 0 Å². The van der Waals surface area contributed by atoms with Gasteiger partial charge in [0, 0.05) is 13.1 Å². The first-order valence-corrected chi connectivity index (χ1v) is 8.92. The molecule has 0 saturated carbocycles. The van der Waals surface area contributed by atoms with Crippen molar-refractivity contribution in [1.29, 1.82) is 0 Å². The van der Waals surface area contributed by atoms with E-state index >= 15 is 0 Å². The van der Waals surface area contributed by atoms with Crippen LogP contribution >= 0.6 is 23.1 Å². The molecule has 0 aliphatic heterocycles. The summed E-state index contributed by atoms with van der Waals surface area (Å²) in [5.74, 6) is 0.540. The van der Waals surface area contributed by atoms with Gasteiger partial charge >= 0.3 is 0 Å². The van der Waals surface area contributed by atoms with Gasteiger partial charge in [0.15, 0.2) is 9.70 Å². The van der Waals surface area contributed by atoms with Gasteiger partial charge in [0.1, 0.15) is 11.2 Å². The second-order valence-electron chi connectivity index (χ2n) is 4.63. The van der Waals surface area contributed by atoms with Gasteiger partial charge in [0.05, 0.1) is 6.20 Å². The summed E-state index contributed by atoms with van der Waals surface area (Å²) < 4.78 is 2.29. The highest BCUT2D eigenvalue weighted by Gasteiger charge is 2.04. The first kappa shape index (κ1) is 17.0. The summed E-state index contributed by atoms with van der Waals surface area (Å²) in [6.07, 6.45) is 3.45. The minimum atomic E-state index is -0.593. The van der Waals surface area contributed by atoms with Crippen molar-refractivity contribution in [3.63, 3.8) is 0 Å². The molecule has 128 valence electrons. The summed E-state index contributed by atoms with van der Waals surface area (Å²) in [5, 5.41) is 19.9. The van der Waals surface area contributed by atoms with E-state index in [0.717, 1.165) is 4.34 Å². The predicted octanol–water partition coefficient (Wildman–Crippen LogP) is -0.555. The van der Waals surface area contributed by atoms with Crippen molar-refractivity contribution in [2.45, 2.75) is 4.34 Å². The molecule has 0 atom stereocenters. The highest BCUT2D eigenvalue weighted by molar-refractivity contribution is 8.00. The fraction of sp³-hybridized carbons (Fsp3) is 0.154. The van der Waals surface area contributed by atoms with Crippen LogP contribution in [0, 0.1) is 0 Å². The number of hydrogen-bond acceptors (Lipinski definition) is 11. The molecular weight excluding hydrogens is 364 g/mol. The maximum atomic E-state index is 12.4. The Labute approximate surface area is 148 Å². The van der Waals surface area contributed by atoms with E-state index in [1.807, 2.05) is 6.26 Å². The van der Waals surface area contributed by atoms with Gasteiger partial charge in [-0.1, -0.05) is 23.1 Å². The van der Waals surface area contributed by atoms with Crippen LogP contribution in [0.3, 0.4) is 0 Å². The van der Waals surface area contributed by atoms with Gasteiger partial charge in [0.2, 0.25) is 16.0 Å². The van der Waals surface area contributed by atoms with E-state index in [2.05, 4.69) is 36.4 Å². The summed E-state index contributed by atoms with van der Waals surface area (Å²) in [6.45, 7) is 0. The van der Waals surface area contributed by atoms with Gasteiger partial charge in [0.25, 0.3) is 0 Å². The smallest absolute Gasteiger partial charge is 0.237 e. The van der Waals surface area contributed by atoms with E-state index in [9.17, 15) is 9.59 Å². The summed E-state index contributed by atoms with van der Waals surface area (Å²) in [7, 11) is 1.70. The lowest BCUT2D eigenvalue weighted by Gasteiger charge is -1.98. The molecule has 3 aromatic rings. The van der Waals surface area contributed by atoms with Crippen LogP contribution in [0.2, 0.25) is 0 Å². The fourth-order valence-corrected chi connectivity index (χ4v) is 2.89. The average molecular weight is 376 g/mol. The zero-order valence-electron chi connectivity index (χ0n) is 13.1. The quantitative estimate of drug-likeness (QED) is 0.448. The minimum Gasteiger partial charge on any atom is -0.287 e. The highest BCUT2D eigenvalue weighted by atomic mass is 32.2. The van der Waals surface area contributed by atoms with E-state index in [1.165, 1.54) is 39.9 Å². The van der Waals surface area contributed by atoms with Crippen LogP contribution in [0.5, 0.6) is 0 Å². The maximum Gasteiger partial charge on any atom is 0.237 e. The van der Waals surface area contributed by atoms with Crippen molar-refractivity contribution in [3.8, 4) is 0 Å². The van der Waals surface area contributed by atoms with Crippen LogP contribution in [-0.4, -0.2) is 26.2 Å². The van der Waals surface area contributed by atoms with Crippen molar-refractivity contribution >= 4 is 34.0 Å². The fourth-order valence-electron chi connectivity index (χ4n) is 1.78. The van der Waals surface area contributed by atoms with Crippen molar-refractivity contribution in [2.24, 2.45) is 17.3 Å². The van der Waals surface area contributed by atoms with Crippen LogP contribution in [0.25, 0.3) is 0 Å². The van der Waals surface area contributed by atoms with Crippen molar-refractivity contribution in [2.75, 3.05) is 17.1 Å². The number of thioether (sulfide) groups is 1. The summed E-state index contributed by atoms with van der Waals surface area (Å²) in [6, 6.07) is 4.23. The van der Waals surface area contributed by atoms with Gasteiger partial charge in [-0.05, 0) is 18.4 Å². The van der Waals surface area contributed by atoms with Gasteiger partial charge in [-0.15, -0.1) is 10.2 Å². The van der Waals surface area contributed by atoms with E-state index in [0.29, 0.717) is 10.9 Å².